The van der Waals surface area contributed by atoms with Crippen LogP contribution in [-0.2, 0) is 14.8 Å². The van der Waals surface area contributed by atoms with Crippen molar-refractivity contribution in [1.29, 1.82) is 5.26 Å². The number of nitrogen functional groups attached to an aromatic ring is 1. The molecule has 0 bridgehead atoms. The number of nitrogens with two attached hydrogens (primary N) is 1. The molecule has 0 saturated carbocycles. The van der Waals surface area contributed by atoms with E-state index in [2.05, 4.69) is 4.83 Å². The molecule has 3 N–H and O–H groups in total. The Morgan fingerprint density at radius 1 is 1.37 bits per heavy atom. The third-order valence-electron chi connectivity index (χ3n) is 2.67. The summed E-state index contributed by atoms with van der Waals surface area (Å²) >= 11 is 0. The van der Waals surface area contributed by atoms with E-state index in [0.29, 0.717) is 32.0 Å². The minimum Gasteiger partial charge on any atom is -0.399 e. The zero-order valence-corrected chi connectivity index (χ0v) is 11.0. The quantitative estimate of drug-likeness (QED) is 0.735. The van der Waals surface area contributed by atoms with Crippen LogP contribution in [0.4, 0.5) is 5.69 Å². The summed E-state index contributed by atoms with van der Waals surface area (Å²) in [5.74, 6) is 0. The van der Waals surface area contributed by atoms with Gasteiger partial charge in [0.05, 0.1) is 18.8 Å². The van der Waals surface area contributed by atoms with Crippen molar-refractivity contribution in [2.24, 2.45) is 0 Å². The van der Waals surface area contributed by atoms with Gasteiger partial charge in [-0.3, -0.25) is 0 Å². The summed E-state index contributed by atoms with van der Waals surface area (Å²) in [7, 11) is -3.78. The van der Waals surface area contributed by atoms with Crippen LogP contribution in [0.15, 0.2) is 23.1 Å². The number of nitriles is 1. The van der Waals surface area contributed by atoms with E-state index >= 15 is 0 Å². The highest BCUT2D eigenvalue weighted by atomic mass is 32.2. The van der Waals surface area contributed by atoms with Crippen LogP contribution in [0.1, 0.15) is 5.56 Å². The molecular formula is C11H14N4O3S. The molecule has 0 amide bonds. The lowest BCUT2D eigenvalue weighted by molar-refractivity contribution is 0.0272. The molecule has 7 nitrogen and oxygen atoms in total. The summed E-state index contributed by atoms with van der Waals surface area (Å²) < 4.78 is 29.5. The lowest BCUT2D eigenvalue weighted by atomic mass is 10.2. The third kappa shape index (κ3) is 3.21. The molecule has 0 aliphatic carbocycles. The maximum Gasteiger partial charge on any atom is 0.254 e. The van der Waals surface area contributed by atoms with Gasteiger partial charge in [-0.25, -0.2) is 13.4 Å². The number of sulfonamides is 1. The zero-order valence-electron chi connectivity index (χ0n) is 10.2. The fourth-order valence-corrected chi connectivity index (χ4v) is 3.01. The van der Waals surface area contributed by atoms with Crippen LogP contribution in [0.3, 0.4) is 0 Å². The third-order valence-corrected chi connectivity index (χ3v) is 4.11. The van der Waals surface area contributed by atoms with Gasteiger partial charge < -0.3 is 10.5 Å². The predicted octanol–water partition coefficient (Wildman–Crippen LogP) is -0.334. The fraction of sp³-hybridized carbons (Fsp3) is 0.364. The summed E-state index contributed by atoms with van der Waals surface area (Å²) in [5.41, 5.74) is 5.91. The van der Waals surface area contributed by atoms with Crippen LogP contribution in [0.5, 0.6) is 0 Å². The molecule has 0 atom stereocenters. The van der Waals surface area contributed by atoms with Gasteiger partial charge in [-0.15, -0.1) is 4.83 Å². The number of anilines is 1. The molecular weight excluding hydrogens is 268 g/mol. The first kappa shape index (κ1) is 13.8. The Labute approximate surface area is 111 Å². The largest absolute Gasteiger partial charge is 0.399 e. The highest BCUT2D eigenvalue weighted by Gasteiger charge is 2.23. The molecule has 1 aromatic carbocycles. The zero-order chi connectivity index (χ0) is 13.9. The molecule has 2 rings (SSSR count). The van der Waals surface area contributed by atoms with Gasteiger partial charge in [0.1, 0.15) is 11.0 Å². The molecule has 1 aliphatic heterocycles. The van der Waals surface area contributed by atoms with Crippen molar-refractivity contribution < 1.29 is 13.2 Å². The van der Waals surface area contributed by atoms with Crippen molar-refractivity contribution in [3.63, 3.8) is 0 Å². The molecule has 1 heterocycles. The van der Waals surface area contributed by atoms with Gasteiger partial charge in [-0.2, -0.15) is 5.26 Å². The Hall–Kier alpha value is -1.66. The Bertz CT molecular complexity index is 603. The normalized spacial score (nSPS) is 17.0. The van der Waals surface area contributed by atoms with E-state index in [4.69, 9.17) is 15.7 Å². The van der Waals surface area contributed by atoms with E-state index in [1.807, 2.05) is 6.07 Å². The SMILES string of the molecule is N#Cc1cc(N)ccc1S(=O)(=O)NN1CCOCC1. The molecule has 0 radical (unpaired) electrons. The summed E-state index contributed by atoms with van der Waals surface area (Å²) in [6.45, 7) is 1.87. The Morgan fingerprint density at radius 3 is 2.68 bits per heavy atom. The summed E-state index contributed by atoms with van der Waals surface area (Å²) in [6, 6.07) is 5.96. The summed E-state index contributed by atoms with van der Waals surface area (Å²) in [5, 5.41) is 10.5. The van der Waals surface area contributed by atoms with Gasteiger partial charge in [0.15, 0.2) is 0 Å². The molecule has 1 fully saturated rings. The number of ether oxygens (including phenoxy) is 1. The lowest BCUT2D eigenvalue weighted by Gasteiger charge is -2.26. The molecule has 0 unspecified atom stereocenters. The second-order valence-corrected chi connectivity index (χ2v) is 5.69. The molecule has 1 saturated heterocycles. The van der Waals surface area contributed by atoms with Crippen molar-refractivity contribution in [3.05, 3.63) is 23.8 Å². The number of benzene rings is 1. The second kappa shape index (κ2) is 5.54. The van der Waals surface area contributed by atoms with E-state index in [9.17, 15) is 8.42 Å². The second-order valence-electron chi connectivity index (χ2n) is 4.06. The first-order valence-electron chi connectivity index (χ1n) is 5.68. The van der Waals surface area contributed by atoms with Crippen molar-refractivity contribution >= 4 is 15.7 Å². The van der Waals surface area contributed by atoms with Crippen LogP contribution >= 0.6 is 0 Å². The number of hydrazine groups is 1. The van der Waals surface area contributed by atoms with Crippen molar-refractivity contribution in [2.75, 3.05) is 32.0 Å². The number of hydrogen-bond donors (Lipinski definition) is 2. The molecule has 8 heteroatoms. The van der Waals surface area contributed by atoms with Crippen molar-refractivity contribution in [3.8, 4) is 6.07 Å². The number of nitrogens with zero attached hydrogens (tertiary/aromatic N) is 2. The lowest BCUT2D eigenvalue weighted by Crippen LogP contribution is -2.48. The Kier molecular flexibility index (Phi) is 4.01. The number of morpholine rings is 1. The van der Waals surface area contributed by atoms with Gasteiger partial charge in [-0.1, -0.05) is 0 Å². The highest BCUT2D eigenvalue weighted by Crippen LogP contribution is 2.18. The van der Waals surface area contributed by atoms with Crippen molar-refractivity contribution in [1.82, 2.24) is 9.84 Å². The first-order chi connectivity index (χ1) is 9.03. The standard InChI is InChI=1S/C11H14N4O3S/c12-8-9-7-10(13)1-2-11(9)19(16,17)14-15-3-5-18-6-4-15/h1-2,7,14H,3-6,13H2. The van der Waals surface area contributed by atoms with E-state index in [1.165, 1.54) is 18.2 Å². The highest BCUT2D eigenvalue weighted by molar-refractivity contribution is 7.89. The van der Waals surface area contributed by atoms with Gasteiger partial charge in [0, 0.05) is 18.8 Å². The molecule has 0 spiro atoms. The number of rotatable bonds is 3. The van der Waals surface area contributed by atoms with Gasteiger partial charge in [0.25, 0.3) is 10.0 Å². The molecule has 1 aliphatic rings. The number of hydrogen-bond acceptors (Lipinski definition) is 6. The van der Waals surface area contributed by atoms with E-state index in [0.717, 1.165) is 0 Å². The van der Waals surface area contributed by atoms with Crippen LogP contribution in [-0.4, -0.2) is 39.7 Å². The van der Waals surface area contributed by atoms with E-state index in [-0.39, 0.29) is 10.5 Å². The molecule has 102 valence electrons. The van der Waals surface area contributed by atoms with Crippen molar-refractivity contribution in [2.45, 2.75) is 4.90 Å². The Balaban J connectivity index is 2.26. The van der Waals surface area contributed by atoms with E-state index in [1.54, 1.807) is 5.01 Å². The maximum absolute atomic E-state index is 12.2. The van der Waals surface area contributed by atoms with Gasteiger partial charge >= 0.3 is 0 Å². The topological polar surface area (TPSA) is 108 Å². The average molecular weight is 282 g/mol. The minimum atomic E-state index is -3.78. The monoisotopic (exact) mass is 282 g/mol. The van der Waals surface area contributed by atoms with Crippen LogP contribution < -0.4 is 10.6 Å². The van der Waals surface area contributed by atoms with Gasteiger partial charge in [0.2, 0.25) is 0 Å². The Morgan fingerprint density at radius 2 is 2.05 bits per heavy atom. The smallest absolute Gasteiger partial charge is 0.254 e. The molecule has 0 aromatic heterocycles. The summed E-state index contributed by atoms with van der Waals surface area (Å²) in [6.07, 6.45) is 0. The van der Waals surface area contributed by atoms with Crippen LogP contribution in [0, 0.1) is 11.3 Å². The van der Waals surface area contributed by atoms with Crippen LogP contribution in [0.2, 0.25) is 0 Å². The average Bonchev–Trinajstić information content (AvgIpc) is 2.38. The van der Waals surface area contributed by atoms with Gasteiger partial charge in [-0.05, 0) is 18.2 Å². The van der Waals surface area contributed by atoms with E-state index < -0.39 is 10.0 Å². The van der Waals surface area contributed by atoms with Crippen LogP contribution in [0.25, 0.3) is 0 Å². The molecule has 19 heavy (non-hydrogen) atoms. The number of nitrogens with one attached hydrogen (secondary N) is 1. The maximum atomic E-state index is 12.2. The fourth-order valence-electron chi connectivity index (χ4n) is 1.74. The predicted molar refractivity (Wildman–Crippen MR) is 68.3 cm³/mol. The first-order valence-corrected chi connectivity index (χ1v) is 7.16. The summed E-state index contributed by atoms with van der Waals surface area (Å²) in [4.78, 5) is 2.37. The molecule has 1 aromatic rings. The minimum absolute atomic E-state index is 0.0285.